The quantitative estimate of drug-likeness (QED) is 0.719. The van der Waals surface area contributed by atoms with Crippen molar-refractivity contribution in [3.63, 3.8) is 0 Å². The molecule has 4 N–H and O–H groups in total. The first-order valence-electron chi connectivity index (χ1n) is 6.13. The molecule has 0 spiro atoms. The molecule has 0 radical (unpaired) electrons. The summed E-state index contributed by atoms with van der Waals surface area (Å²) in [5.74, 6) is 0. The molecule has 1 unspecified atom stereocenters. The summed E-state index contributed by atoms with van der Waals surface area (Å²) in [5.41, 5.74) is 7.50. The monoisotopic (exact) mass is 250 g/mol. The van der Waals surface area contributed by atoms with Crippen molar-refractivity contribution < 1.29 is 9.90 Å². The van der Waals surface area contributed by atoms with Gasteiger partial charge in [-0.15, -0.1) is 0 Å². The summed E-state index contributed by atoms with van der Waals surface area (Å²) < 4.78 is 0. The Morgan fingerprint density at radius 3 is 2.61 bits per heavy atom. The maximum atomic E-state index is 10.8. The van der Waals surface area contributed by atoms with Crippen molar-refractivity contribution in [1.29, 1.82) is 0 Å². The van der Waals surface area contributed by atoms with Crippen LogP contribution in [-0.4, -0.2) is 17.2 Å². The van der Waals surface area contributed by atoms with Gasteiger partial charge in [-0.3, -0.25) is 0 Å². The Morgan fingerprint density at radius 2 is 2.11 bits per heavy atom. The van der Waals surface area contributed by atoms with Crippen molar-refractivity contribution in [2.45, 2.75) is 39.7 Å². The van der Waals surface area contributed by atoms with Gasteiger partial charge in [0.25, 0.3) is 0 Å². The third-order valence-corrected chi connectivity index (χ3v) is 3.02. The number of hydrogen-bond donors (Lipinski definition) is 3. The minimum atomic E-state index is -0.970. The van der Waals surface area contributed by atoms with Crippen LogP contribution in [0.2, 0.25) is 0 Å². The van der Waals surface area contributed by atoms with Crippen LogP contribution in [0.3, 0.4) is 0 Å². The van der Waals surface area contributed by atoms with Gasteiger partial charge < -0.3 is 16.2 Å². The SMILES string of the molecule is CC(C)(C)C(CCc1cccc(N)c1)NC(=O)O. The number of benzene rings is 1. The van der Waals surface area contributed by atoms with Gasteiger partial charge in [-0.25, -0.2) is 4.79 Å². The average Bonchev–Trinajstić information content (AvgIpc) is 2.22. The number of amides is 1. The van der Waals surface area contributed by atoms with Gasteiger partial charge in [0.05, 0.1) is 0 Å². The topological polar surface area (TPSA) is 75.3 Å². The van der Waals surface area contributed by atoms with E-state index < -0.39 is 6.09 Å². The maximum Gasteiger partial charge on any atom is 0.404 e. The van der Waals surface area contributed by atoms with Crippen LogP contribution >= 0.6 is 0 Å². The molecule has 1 amide bonds. The van der Waals surface area contributed by atoms with Gasteiger partial charge in [0, 0.05) is 11.7 Å². The van der Waals surface area contributed by atoms with E-state index in [1.165, 1.54) is 0 Å². The van der Waals surface area contributed by atoms with Crippen LogP contribution < -0.4 is 11.1 Å². The molecule has 4 heteroatoms. The summed E-state index contributed by atoms with van der Waals surface area (Å²) >= 11 is 0. The van der Waals surface area contributed by atoms with Gasteiger partial charge in [-0.05, 0) is 36.0 Å². The van der Waals surface area contributed by atoms with Gasteiger partial charge in [0.15, 0.2) is 0 Å². The third kappa shape index (κ3) is 4.65. The highest BCUT2D eigenvalue weighted by atomic mass is 16.4. The lowest BCUT2D eigenvalue weighted by Gasteiger charge is -2.30. The van der Waals surface area contributed by atoms with Crippen molar-refractivity contribution in [2.75, 3.05) is 5.73 Å². The number of anilines is 1. The smallest absolute Gasteiger partial charge is 0.404 e. The predicted octanol–water partition coefficient (Wildman–Crippen LogP) is 2.88. The van der Waals surface area contributed by atoms with Crippen LogP contribution in [0.25, 0.3) is 0 Å². The van der Waals surface area contributed by atoms with Crippen LogP contribution in [0.5, 0.6) is 0 Å². The maximum absolute atomic E-state index is 10.8. The van der Waals surface area contributed by atoms with Crippen molar-refractivity contribution in [1.82, 2.24) is 5.32 Å². The summed E-state index contributed by atoms with van der Waals surface area (Å²) in [7, 11) is 0. The number of nitrogens with one attached hydrogen (secondary N) is 1. The summed E-state index contributed by atoms with van der Waals surface area (Å²) in [6, 6.07) is 7.63. The van der Waals surface area contributed by atoms with E-state index in [0.717, 1.165) is 24.1 Å². The van der Waals surface area contributed by atoms with Crippen LogP contribution in [-0.2, 0) is 6.42 Å². The highest BCUT2D eigenvalue weighted by Crippen LogP contribution is 2.23. The number of hydrogen-bond acceptors (Lipinski definition) is 2. The molecule has 1 rings (SSSR count). The minimum absolute atomic E-state index is 0.0727. The molecule has 4 nitrogen and oxygen atoms in total. The van der Waals surface area contributed by atoms with E-state index in [4.69, 9.17) is 10.8 Å². The van der Waals surface area contributed by atoms with Crippen molar-refractivity contribution in [3.05, 3.63) is 29.8 Å². The van der Waals surface area contributed by atoms with E-state index in [1.54, 1.807) is 0 Å². The number of carboxylic acid groups (broad SMARTS) is 1. The van der Waals surface area contributed by atoms with E-state index in [1.807, 2.05) is 45.0 Å². The summed E-state index contributed by atoms with van der Waals surface area (Å²) in [6.45, 7) is 6.10. The summed E-state index contributed by atoms with van der Waals surface area (Å²) in [5, 5.41) is 11.4. The standard InChI is InChI=1S/C14H22N2O2/c1-14(2,3)12(16-13(17)18)8-7-10-5-4-6-11(15)9-10/h4-6,9,12,16H,7-8,15H2,1-3H3,(H,17,18). The fourth-order valence-corrected chi connectivity index (χ4v) is 1.93. The summed E-state index contributed by atoms with van der Waals surface area (Å²) in [6.07, 6.45) is 0.606. The lowest BCUT2D eigenvalue weighted by atomic mass is 9.83. The van der Waals surface area contributed by atoms with Gasteiger partial charge >= 0.3 is 6.09 Å². The normalized spacial score (nSPS) is 13.1. The Balaban J connectivity index is 2.65. The summed E-state index contributed by atoms with van der Waals surface area (Å²) in [4.78, 5) is 10.8. The fraction of sp³-hybridized carbons (Fsp3) is 0.500. The van der Waals surface area contributed by atoms with Gasteiger partial charge in [0.1, 0.15) is 0 Å². The van der Waals surface area contributed by atoms with E-state index in [9.17, 15) is 4.79 Å². The zero-order chi connectivity index (χ0) is 13.8. The van der Waals surface area contributed by atoms with Gasteiger partial charge in [0.2, 0.25) is 0 Å². The predicted molar refractivity (Wildman–Crippen MR) is 73.6 cm³/mol. The second kappa shape index (κ2) is 5.76. The van der Waals surface area contributed by atoms with Crippen LogP contribution in [0.4, 0.5) is 10.5 Å². The molecule has 0 aliphatic rings. The largest absolute Gasteiger partial charge is 0.465 e. The van der Waals surface area contributed by atoms with Crippen LogP contribution in [0.15, 0.2) is 24.3 Å². The molecule has 1 aromatic carbocycles. The van der Waals surface area contributed by atoms with Gasteiger partial charge in [-0.1, -0.05) is 32.9 Å². The van der Waals surface area contributed by atoms with Crippen molar-refractivity contribution in [2.24, 2.45) is 5.41 Å². The molecule has 0 aromatic heterocycles. The second-order valence-electron chi connectivity index (χ2n) is 5.65. The Bertz CT molecular complexity index is 411. The minimum Gasteiger partial charge on any atom is -0.465 e. The van der Waals surface area contributed by atoms with Gasteiger partial charge in [-0.2, -0.15) is 0 Å². The fourth-order valence-electron chi connectivity index (χ4n) is 1.93. The van der Waals surface area contributed by atoms with E-state index in [-0.39, 0.29) is 11.5 Å². The Hall–Kier alpha value is -1.71. The molecule has 0 aliphatic carbocycles. The third-order valence-electron chi connectivity index (χ3n) is 3.02. The molecule has 0 saturated heterocycles. The Morgan fingerprint density at radius 1 is 1.44 bits per heavy atom. The molecule has 0 heterocycles. The number of aryl methyl sites for hydroxylation is 1. The molecule has 0 bridgehead atoms. The first kappa shape index (κ1) is 14.4. The first-order chi connectivity index (χ1) is 8.29. The highest BCUT2D eigenvalue weighted by Gasteiger charge is 2.25. The Kier molecular flexibility index (Phi) is 4.59. The Labute approximate surface area is 108 Å². The van der Waals surface area contributed by atoms with Crippen molar-refractivity contribution >= 4 is 11.8 Å². The molecular formula is C14H22N2O2. The zero-order valence-electron chi connectivity index (χ0n) is 11.2. The number of nitrogens with two attached hydrogens (primary N) is 1. The number of nitrogen functional groups attached to an aromatic ring is 1. The van der Waals surface area contributed by atoms with Crippen LogP contribution in [0.1, 0.15) is 32.8 Å². The van der Waals surface area contributed by atoms with Crippen molar-refractivity contribution in [3.8, 4) is 0 Å². The number of rotatable bonds is 4. The first-order valence-corrected chi connectivity index (χ1v) is 6.13. The van der Waals surface area contributed by atoms with Crippen LogP contribution in [0, 0.1) is 5.41 Å². The second-order valence-corrected chi connectivity index (χ2v) is 5.65. The molecule has 0 aliphatic heterocycles. The van der Waals surface area contributed by atoms with E-state index in [2.05, 4.69) is 5.32 Å². The average molecular weight is 250 g/mol. The van der Waals surface area contributed by atoms with E-state index >= 15 is 0 Å². The highest BCUT2D eigenvalue weighted by molar-refractivity contribution is 5.65. The molecular weight excluding hydrogens is 228 g/mol. The zero-order valence-corrected chi connectivity index (χ0v) is 11.2. The molecule has 1 atom stereocenters. The molecule has 0 fully saturated rings. The lowest BCUT2D eigenvalue weighted by molar-refractivity contribution is 0.172. The molecule has 100 valence electrons. The molecule has 18 heavy (non-hydrogen) atoms. The molecule has 0 saturated carbocycles. The number of carbonyl (C=O) groups is 1. The molecule has 1 aromatic rings. The van der Waals surface area contributed by atoms with E-state index in [0.29, 0.717) is 0 Å². The lowest BCUT2D eigenvalue weighted by Crippen LogP contribution is -2.43.